The third-order valence-corrected chi connectivity index (χ3v) is 2.45. The summed E-state index contributed by atoms with van der Waals surface area (Å²) < 4.78 is 9.59. The molecule has 0 aromatic carbocycles. The SMILES string of the molecule is CCCCCCCCOC(=O)C(=O)OCC(C)C. The van der Waals surface area contributed by atoms with Crippen LogP contribution in [-0.2, 0) is 19.1 Å². The van der Waals surface area contributed by atoms with Crippen LogP contribution in [0.1, 0.15) is 59.3 Å². The Morgan fingerprint density at radius 2 is 1.44 bits per heavy atom. The van der Waals surface area contributed by atoms with Gasteiger partial charge in [-0.05, 0) is 12.3 Å². The summed E-state index contributed by atoms with van der Waals surface area (Å²) in [4.78, 5) is 22.3. The molecule has 18 heavy (non-hydrogen) atoms. The van der Waals surface area contributed by atoms with E-state index >= 15 is 0 Å². The fourth-order valence-corrected chi connectivity index (χ4v) is 1.41. The van der Waals surface area contributed by atoms with E-state index in [1.165, 1.54) is 19.3 Å². The van der Waals surface area contributed by atoms with Gasteiger partial charge in [-0.25, -0.2) is 9.59 Å². The summed E-state index contributed by atoms with van der Waals surface area (Å²) in [6.07, 6.45) is 6.70. The number of ether oxygens (including phenoxy) is 2. The van der Waals surface area contributed by atoms with Crippen molar-refractivity contribution in [3.05, 3.63) is 0 Å². The van der Waals surface area contributed by atoms with Crippen LogP contribution in [-0.4, -0.2) is 25.2 Å². The molecule has 0 fully saturated rings. The molecule has 0 heterocycles. The molecule has 106 valence electrons. The second-order valence-electron chi connectivity index (χ2n) is 4.90. The summed E-state index contributed by atoms with van der Waals surface area (Å²) in [5, 5.41) is 0. The van der Waals surface area contributed by atoms with Crippen molar-refractivity contribution in [2.24, 2.45) is 5.92 Å². The van der Waals surface area contributed by atoms with Crippen molar-refractivity contribution in [1.82, 2.24) is 0 Å². The highest BCUT2D eigenvalue weighted by Gasteiger charge is 2.17. The molecule has 4 nitrogen and oxygen atoms in total. The van der Waals surface area contributed by atoms with Crippen LogP contribution >= 0.6 is 0 Å². The molecule has 0 bridgehead atoms. The van der Waals surface area contributed by atoms with E-state index in [9.17, 15) is 9.59 Å². The zero-order chi connectivity index (χ0) is 13.8. The number of carbonyl (C=O) groups is 2. The predicted octanol–water partition coefficient (Wildman–Crippen LogP) is 3.09. The highest BCUT2D eigenvalue weighted by Crippen LogP contribution is 2.05. The van der Waals surface area contributed by atoms with E-state index in [2.05, 4.69) is 6.92 Å². The van der Waals surface area contributed by atoms with E-state index in [4.69, 9.17) is 9.47 Å². The molecule has 0 rings (SSSR count). The van der Waals surface area contributed by atoms with Gasteiger partial charge >= 0.3 is 11.9 Å². The van der Waals surface area contributed by atoms with Gasteiger partial charge in [-0.1, -0.05) is 52.9 Å². The minimum absolute atomic E-state index is 0.223. The molecular weight excluding hydrogens is 232 g/mol. The van der Waals surface area contributed by atoms with Crippen molar-refractivity contribution >= 4 is 11.9 Å². The maximum Gasteiger partial charge on any atom is 0.417 e. The lowest BCUT2D eigenvalue weighted by molar-refractivity contribution is -0.168. The second-order valence-corrected chi connectivity index (χ2v) is 4.90. The van der Waals surface area contributed by atoms with Crippen molar-refractivity contribution in [2.45, 2.75) is 59.3 Å². The molecule has 0 aliphatic carbocycles. The van der Waals surface area contributed by atoms with Gasteiger partial charge < -0.3 is 9.47 Å². The van der Waals surface area contributed by atoms with Gasteiger partial charge in [-0.15, -0.1) is 0 Å². The molecule has 0 saturated carbocycles. The molecule has 0 aromatic heterocycles. The van der Waals surface area contributed by atoms with Crippen molar-refractivity contribution in [2.75, 3.05) is 13.2 Å². The van der Waals surface area contributed by atoms with Gasteiger partial charge in [-0.3, -0.25) is 0 Å². The first-order chi connectivity index (χ1) is 8.57. The fraction of sp³-hybridized carbons (Fsp3) is 0.857. The van der Waals surface area contributed by atoms with E-state index < -0.39 is 11.9 Å². The molecule has 0 N–H and O–H groups in total. The largest absolute Gasteiger partial charge is 0.457 e. The van der Waals surface area contributed by atoms with Crippen LogP contribution in [0.2, 0.25) is 0 Å². The highest BCUT2D eigenvalue weighted by molar-refractivity contribution is 6.29. The van der Waals surface area contributed by atoms with E-state index in [0.717, 1.165) is 19.3 Å². The third-order valence-electron chi connectivity index (χ3n) is 2.45. The van der Waals surface area contributed by atoms with Crippen molar-refractivity contribution in [1.29, 1.82) is 0 Å². The minimum Gasteiger partial charge on any atom is -0.457 e. The summed E-state index contributed by atoms with van der Waals surface area (Å²) in [5.74, 6) is -1.53. The van der Waals surface area contributed by atoms with Crippen LogP contribution < -0.4 is 0 Å². The molecule has 0 aliphatic rings. The number of carbonyl (C=O) groups excluding carboxylic acids is 2. The topological polar surface area (TPSA) is 52.6 Å². The van der Waals surface area contributed by atoms with Gasteiger partial charge in [0.2, 0.25) is 0 Å². The van der Waals surface area contributed by atoms with Crippen LogP contribution in [0.5, 0.6) is 0 Å². The molecule has 4 heteroatoms. The average molecular weight is 258 g/mol. The Hall–Kier alpha value is -1.06. The molecule has 0 atom stereocenters. The number of hydrogen-bond donors (Lipinski definition) is 0. The van der Waals surface area contributed by atoms with E-state index in [1.807, 2.05) is 13.8 Å². The predicted molar refractivity (Wildman–Crippen MR) is 70.1 cm³/mol. The first-order valence-electron chi connectivity index (χ1n) is 6.91. The molecule has 0 spiro atoms. The van der Waals surface area contributed by atoms with Gasteiger partial charge in [0, 0.05) is 0 Å². The molecule has 0 saturated heterocycles. The molecule has 0 aromatic rings. The Morgan fingerprint density at radius 3 is 2.06 bits per heavy atom. The monoisotopic (exact) mass is 258 g/mol. The number of unbranched alkanes of at least 4 members (excludes halogenated alkanes) is 5. The molecule has 0 amide bonds. The lowest BCUT2D eigenvalue weighted by Crippen LogP contribution is -2.22. The van der Waals surface area contributed by atoms with E-state index in [0.29, 0.717) is 6.61 Å². The van der Waals surface area contributed by atoms with Gasteiger partial charge in [0.05, 0.1) is 13.2 Å². The minimum atomic E-state index is -0.880. The smallest absolute Gasteiger partial charge is 0.417 e. The zero-order valence-electron chi connectivity index (χ0n) is 11.9. The van der Waals surface area contributed by atoms with Crippen LogP contribution in [0.15, 0.2) is 0 Å². The fourth-order valence-electron chi connectivity index (χ4n) is 1.41. The van der Waals surface area contributed by atoms with Gasteiger partial charge in [0.15, 0.2) is 0 Å². The van der Waals surface area contributed by atoms with Gasteiger partial charge in [0.1, 0.15) is 0 Å². The van der Waals surface area contributed by atoms with Crippen LogP contribution in [0.25, 0.3) is 0 Å². The van der Waals surface area contributed by atoms with Crippen LogP contribution in [0, 0.1) is 5.92 Å². The highest BCUT2D eigenvalue weighted by atomic mass is 16.6. The van der Waals surface area contributed by atoms with Gasteiger partial charge in [-0.2, -0.15) is 0 Å². The Morgan fingerprint density at radius 1 is 0.889 bits per heavy atom. The van der Waals surface area contributed by atoms with E-state index in [-0.39, 0.29) is 12.5 Å². The Bertz CT molecular complexity index is 236. The third kappa shape index (κ3) is 10.1. The quantitative estimate of drug-likeness (QED) is 0.362. The lowest BCUT2D eigenvalue weighted by Gasteiger charge is -2.07. The summed E-state index contributed by atoms with van der Waals surface area (Å²) in [5.41, 5.74) is 0. The summed E-state index contributed by atoms with van der Waals surface area (Å²) >= 11 is 0. The van der Waals surface area contributed by atoms with Crippen molar-refractivity contribution < 1.29 is 19.1 Å². The standard InChI is InChI=1S/C14H26O4/c1-4-5-6-7-8-9-10-17-13(15)14(16)18-11-12(2)3/h12H,4-11H2,1-3H3. The Labute approximate surface area is 110 Å². The molecule has 0 aliphatic heterocycles. The first kappa shape index (κ1) is 16.9. The molecule has 0 unspecified atom stereocenters. The lowest BCUT2D eigenvalue weighted by atomic mass is 10.1. The number of hydrogen-bond acceptors (Lipinski definition) is 4. The number of rotatable bonds is 9. The van der Waals surface area contributed by atoms with Gasteiger partial charge in [0.25, 0.3) is 0 Å². The average Bonchev–Trinajstić information content (AvgIpc) is 2.34. The zero-order valence-corrected chi connectivity index (χ0v) is 11.9. The summed E-state index contributed by atoms with van der Waals surface area (Å²) in [6.45, 7) is 6.56. The maximum absolute atomic E-state index is 11.2. The van der Waals surface area contributed by atoms with Crippen molar-refractivity contribution in [3.63, 3.8) is 0 Å². The van der Waals surface area contributed by atoms with Crippen LogP contribution in [0.3, 0.4) is 0 Å². The first-order valence-corrected chi connectivity index (χ1v) is 6.91. The number of esters is 2. The Balaban J connectivity index is 3.43. The van der Waals surface area contributed by atoms with Crippen LogP contribution in [0.4, 0.5) is 0 Å². The second kappa shape index (κ2) is 11.1. The van der Waals surface area contributed by atoms with Crippen molar-refractivity contribution in [3.8, 4) is 0 Å². The van der Waals surface area contributed by atoms with E-state index in [1.54, 1.807) is 0 Å². The normalized spacial score (nSPS) is 10.4. The summed E-state index contributed by atoms with van der Waals surface area (Å²) in [7, 11) is 0. The summed E-state index contributed by atoms with van der Waals surface area (Å²) in [6, 6.07) is 0. The maximum atomic E-state index is 11.2. The molecular formula is C14H26O4. The molecule has 0 radical (unpaired) electrons. The Kier molecular flexibility index (Phi) is 10.4.